The van der Waals surface area contributed by atoms with Gasteiger partial charge in [-0.2, -0.15) is 0 Å². The van der Waals surface area contributed by atoms with Crippen molar-refractivity contribution in [2.24, 2.45) is 0 Å². The van der Waals surface area contributed by atoms with Gasteiger partial charge in [0, 0.05) is 5.75 Å². The van der Waals surface area contributed by atoms with Gasteiger partial charge in [0.15, 0.2) is 11.5 Å². The molecule has 0 spiro atoms. The summed E-state index contributed by atoms with van der Waals surface area (Å²) in [6.45, 7) is 5.59. The summed E-state index contributed by atoms with van der Waals surface area (Å²) in [6, 6.07) is 3.45. The summed E-state index contributed by atoms with van der Waals surface area (Å²) in [7, 11) is 4.74. The van der Waals surface area contributed by atoms with Crippen LogP contribution in [-0.4, -0.2) is 44.7 Å². The van der Waals surface area contributed by atoms with Gasteiger partial charge in [-0.1, -0.05) is 0 Å². The second-order valence-electron chi connectivity index (χ2n) is 6.42. The molecule has 1 heterocycles. The third-order valence-corrected chi connectivity index (χ3v) is 4.73. The lowest BCUT2D eigenvalue weighted by molar-refractivity contribution is -0.156. The predicted molar refractivity (Wildman–Crippen MR) is 94.1 cm³/mol. The van der Waals surface area contributed by atoms with Crippen molar-refractivity contribution in [3.05, 3.63) is 17.7 Å². The van der Waals surface area contributed by atoms with Crippen molar-refractivity contribution < 1.29 is 23.7 Å². The summed E-state index contributed by atoms with van der Waals surface area (Å²) in [6.07, 6.45) is 0. The van der Waals surface area contributed by atoms with Crippen LogP contribution in [0, 0.1) is 0 Å². The van der Waals surface area contributed by atoms with Crippen LogP contribution in [0.15, 0.2) is 12.1 Å². The Kier molecular flexibility index (Phi) is 5.87. The average Bonchev–Trinajstić information content (AvgIpc) is 3.01. The van der Waals surface area contributed by atoms with Crippen LogP contribution in [0.4, 0.5) is 0 Å². The highest BCUT2D eigenvalue weighted by Crippen LogP contribution is 2.43. The van der Waals surface area contributed by atoms with Crippen LogP contribution in [0.5, 0.6) is 17.2 Å². The van der Waals surface area contributed by atoms with Gasteiger partial charge < -0.3 is 18.9 Å². The monoisotopic (exact) mass is 355 g/mol. The van der Waals surface area contributed by atoms with E-state index in [2.05, 4.69) is 5.32 Å². The summed E-state index contributed by atoms with van der Waals surface area (Å²) < 4.78 is 21.6. The Labute approximate surface area is 147 Å². The largest absolute Gasteiger partial charge is 0.493 e. The number of carbonyl (C=O) groups is 1. The topological polar surface area (TPSA) is 66.0 Å². The van der Waals surface area contributed by atoms with Crippen molar-refractivity contribution >= 4 is 17.7 Å². The maximum Gasteiger partial charge on any atom is 0.324 e. The molecule has 1 aromatic rings. The number of esters is 1. The van der Waals surface area contributed by atoms with Crippen LogP contribution in [0.3, 0.4) is 0 Å². The molecular weight excluding hydrogens is 330 g/mol. The average molecular weight is 355 g/mol. The molecule has 1 unspecified atom stereocenters. The molecule has 7 heteroatoms. The number of benzene rings is 1. The van der Waals surface area contributed by atoms with Gasteiger partial charge >= 0.3 is 5.97 Å². The number of hydrogen-bond donors (Lipinski definition) is 1. The minimum atomic E-state index is -0.492. The van der Waals surface area contributed by atoms with E-state index < -0.39 is 5.60 Å². The van der Waals surface area contributed by atoms with Crippen molar-refractivity contribution in [1.29, 1.82) is 0 Å². The Hall–Kier alpha value is -1.60. The van der Waals surface area contributed by atoms with Gasteiger partial charge in [-0.15, -0.1) is 11.8 Å². The molecule has 0 amide bonds. The lowest BCUT2D eigenvalue weighted by Crippen LogP contribution is -2.39. The number of ether oxygens (including phenoxy) is 4. The highest BCUT2D eigenvalue weighted by atomic mass is 32.2. The molecule has 6 nitrogen and oxygen atoms in total. The highest BCUT2D eigenvalue weighted by molar-refractivity contribution is 7.99. The van der Waals surface area contributed by atoms with Gasteiger partial charge in [0.1, 0.15) is 11.6 Å². The molecule has 1 aromatic carbocycles. The maximum atomic E-state index is 12.2. The van der Waals surface area contributed by atoms with Gasteiger partial charge in [-0.25, -0.2) is 0 Å². The van der Waals surface area contributed by atoms with E-state index in [0.29, 0.717) is 23.0 Å². The van der Waals surface area contributed by atoms with E-state index in [0.717, 1.165) is 5.56 Å². The van der Waals surface area contributed by atoms with Crippen LogP contribution in [0.25, 0.3) is 0 Å². The molecule has 2 rings (SSSR count). The van der Waals surface area contributed by atoms with E-state index in [-0.39, 0.29) is 17.4 Å². The zero-order valence-electron chi connectivity index (χ0n) is 15.0. The van der Waals surface area contributed by atoms with E-state index in [9.17, 15) is 4.79 Å². The number of thioether (sulfide) groups is 1. The lowest BCUT2D eigenvalue weighted by Gasteiger charge is -2.22. The third-order valence-electron chi connectivity index (χ3n) is 3.46. The zero-order chi connectivity index (χ0) is 17.9. The molecule has 1 aliphatic heterocycles. The molecule has 0 radical (unpaired) electrons. The summed E-state index contributed by atoms with van der Waals surface area (Å²) in [4.78, 5) is 12.2. The summed E-state index contributed by atoms with van der Waals surface area (Å²) in [5.41, 5.74) is 0.467. The smallest absolute Gasteiger partial charge is 0.324 e. The van der Waals surface area contributed by atoms with Crippen molar-refractivity contribution in [2.45, 2.75) is 37.8 Å². The molecule has 1 aliphatic rings. The quantitative estimate of drug-likeness (QED) is 0.815. The molecule has 1 N–H and O–H groups in total. The number of methoxy groups -OCH3 is 3. The first kappa shape index (κ1) is 18.7. The fourth-order valence-corrected chi connectivity index (χ4v) is 3.63. The Balaban J connectivity index is 2.17. The minimum Gasteiger partial charge on any atom is -0.493 e. The Morgan fingerprint density at radius 1 is 1.12 bits per heavy atom. The first-order chi connectivity index (χ1) is 11.3. The van der Waals surface area contributed by atoms with Crippen LogP contribution in [-0.2, 0) is 9.53 Å². The van der Waals surface area contributed by atoms with Gasteiger partial charge in [0.2, 0.25) is 5.75 Å². The van der Waals surface area contributed by atoms with Crippen LogP contribution < -0.4 is 19.5 Å². The molecular formula is C17H25NO5S. The van der Waals surface area contributed by atoms with E-state index in [1.165, 1.54) is 0 Å². The third kappa shape index (κ3) is 4.27. The van der Waals surface area contributed by atoms with Gasteiger partial charge in [0.05, 0.1) is 26.7 Å². The molecule has 2 atom stereocenters. The molecule has 134 valence electrons. The predicted octanol–water partition coefficient (Wildman–Crippen LogP) is 2.76. The molecule has 0 saturated carbocycles. The number of nitrogens with one attached hydrogen (secondary N) is 1. The van der Waals surface area contributed by atoms with Crippen molar-refractivity contribution in [3.63, 3.8) is 0 Å². The maximum absolute atomic E-state index is 12.2. The second-order valence-corrected chi connectivity index (χ2v) is 7.56. The van der Waals surface area contributed by atoms with E-state index in [1.807, 2.05) is 32.9 Å². The second kappa shape index (κ2) is 7.53. The first-order valence-electron chi connectivity index (χ1n) is 7.69. The number of carbonyl (C=O) groups excluding carboxylic acids is 1. The van der Waals surface area contributed by atoms with Crippen molar-refractivity contribution in [1.82, 2.24) is 5.32 Å². The summed E-state index contributed by atoms with van der Waals surface area (Å²) >= 11 is 1.65. The summed E-state index contributed by atoms with van der Waals surface area (Å²) in [5.74, 6) is 2.15. The zero-order valence-corrected chi connectivity index (χ0v) is 15.8. The van der Waals surface area contributed by atoms with Gasteiger partial charge in [-0.3, -0.25) is 10.1 Å². The first-order valence-corrected chi connectivity index (χ1v) is 8.74. The van der Waals surface area contributed by atoms with E-state index >= 15 is 0 Å². The van der Waals surface area contributed by atoms with Crippen LogP contribution >= 0.6 is 11.8 Å². The Morgan fingerprint density at radius 3 is 2.17 bits per heavy atom. The van der Waals surface area contributed by atoms with Crippen molar-refractivity contribution in [2.75, 3.05) is 27.1 Å². The SMILES string of the molecule is COc1cc(C2N[C@H](C(=O)OC(C)(C)C)CS2)cc(OC)c1OC. The summed E-state index contributed by atoms with van der Waals surface area (Å²) in [5, 5.41) is 3.26. The molecule has 0 bridgehead atoms. The van der Waals surface area contributed by atoms with E-state index in [1.54, 1.807) is 33.1 Å². The van der Waals surface area contributed by atoms with E-state index in [4.69, 9.17) is 18.9 Å². The standard InChI is InChI=1S/C17H25NO5S/c1-17(2,3)23-16(19)11-9-24-15(18-11)10-7-12(20-4)14(22-6)13(8-10)21-5/h7-8,11,15,18H,9H2,1-6H3/t11-,15?/m0/s1. The van der Waals surface area contributed by atoms with Crippen LogP contribution in [0.1, 0.15) is 31.7 Å². The molecule has 24 heavy (non-hydrogen) atoms. The highest BCUT2D eigenvalue weighted by Gasteiger charge is 2.34. The molecule has 0 aromatic heterocycles. The number of rotatable bonds is 5. The number of hydrogen-bond acceptors (Lipinski definition) is 7. The lowest BCUT2D eigenvalue weighted by atomic mass is 10.1. The Morgan fingerprint density at radius 2 is 1.71 bits per heavy atom. The molecule has 0 aliphatic carbocycles. The van der Waals surface area contributed by atoms with Gasteiger partial charge in [0.25, 0.3) is 0 Å². The fraction of sp³-hybridized carbons (Fsp3) is 0.588. The van der Waals surface area contributed by atoms with Crippen molar-refractivity contribution in [3.8, 4) is 17.2 Å². The van der Waals surface area contributed by atoms with Gasteiger partial charge in [-0.05, 0) is 38.5 Å². The minimum absolute atomic E-state index is 0.0452. The molecule has 1 fully saturated rings. The van der Waals surface area contributed by atoms with Crippen LogP contribution in [0.2, 0.25) is 0 Å². The molecule has 1 saturated heterocycles. The Bertz CT molecular complexity index is 574. The normalized spacial score (nSPS) is 20.6. The fourth-order valence-electron chi connectivity index (χ4n) is 2.43.